The van der Waals surface area contributed by atoms with Crippen molar-refractivity contribution in [1.82, 2.24) is 10.3 Å². The molecule has 0 fully saturated rings. The molecule has 0 aliphatic carbocycles. The Kier molecular flexibility index (Phi) is 8.87. The number of ether oxygens (including phenoxy) is 1. The Labute approximate surface area is 200 Å². The van der Waals surface area contributed by atoms with Crippen molar-refractivity contribution >= 4 is 27.7 Å². The topological polar surface area (TPSA) is 97.4 Å². The molecule has 1 aromatic carbocycles. The summed E-state index contributed by atoms with van der Waals surface area (Å²) in [6.07, 6.45) is 3.94. The SMILES string of the molecule is C#Cc1cc(CNC(=O)C=Cc2ccc(C(F)(F)F)nc2OC(C)CC)cc(F)c1NS(C)(=O)=O. The molecule has 0 saturated carbocycles. The van der Waals surface area contributed by atoms with E-state index in [1.54, 1.807) is 13.8 Å². The number of sulfonamides is 1. The number of nitrogens with zero attached hydrogens (tertiary/aromatic N) is 1. The van der Waals surface area contributed by atoms with Crippen molar-refractivity contribution in [3.63, 3.8) is 0 Å². The molecule has 12 heteroatoms. The van der Waals surface area contributed by atoms with Gasteiger partial charge in [0.2, 0.25) is 21.8 Å². The number of alkyl halides is 3. The number of hydrogen-bond acceptors (Lipinski definition) is 5. The fourth-order valence-corrected chi connectivity index (χ4v) is 3.26. The summed E-state index contributed by atoms with van der Waals surface area (Å²) in [5.74, 6) is 0.349. The van der Waals surface area contributed by atoms with Gasteiger partial charge in [-0.1, -0.05) is 12.8 Å². The van der Waals surface area contributed by atoms with Gasteiger partial charge < -0.3 is 10.1 Å². The van der Waals surface area contributed by atoms with Gasteiger partial charge in [0.05, 0.1) is 23.6 Å². The fraction of sp³-hybridized carbons (Fsp3) is 0.304. The van der Waals surface area contributed by atoms with Crippen molar-refractivity contribution < 1.29 is 35.5 Å². The zero-order chi connectivity index (χ0) is 26.4. The molecule has 0 aliphatic heterocycles. The Morgan fingerprint density at radius 2 is 2.00 bits per heavy atom. The number of terminal acetylenes is 1. The molecule has 1 aromatic heterocycles. The van der Waals surface area contributed by atoms with Gasteiger partial charge in [0, 0.05) is 18.2 Å². The number of halogens is 4. The van der Waals surface area contributed by atoms with Crippen LogP contribution in [0.3, 0.4) is 0 Å². The zero-order valence-electron chi connectivity index (χ0n) is 19.0. The molecule has 7 nitrogen and oxygen atoms in total. The van der Waals surface area contributed by atoms with Crippen molar-refractivity contribution in [2.24, 2.45) is 0 Å². The highest BCUT2D eigenvalue weighted by Crippen LogP contribution is 2.31. The predicted octanol–water partition coefficient (Wildman–Crippen LogP) is 4.10. The third-order valence-electron chi connectivity index (χ3n) is 4.54. The summed E-state index contributed by atoms with van der Waals surface area (Å²) in [6.45, 7) is 3.30. The third kappa shape index (κ3) is 8.29. The largest absolute Gasteiger partial charge is 0.474 e. The Morgan fingerprint density at radius 3 is 2.57 bits per heavy atom. The maximum absolute atomic E-state index is 14.4. The summed E-state index contributed by atoms with van der Waals surface area (Å²) in [6, 6.07) is 4.26. The molecule has 35 heavy (non-hydrogen) atoms. The first-order chi connectivity index (χ1) is 16.2. The first-order valence-electron chi connectivity index (χ1n) is 10.2. The van der Waals surface area contributed by atoms with Crippen LogP contribution in [0, 0.1) is 18.2 Å². The number of pyridine rings is 1. The number of amides is 1. The molecule has 0 aliphatic rings. The Balaban J connectivity index is 2.18. The monoisotopic (exact) mass is 513 g/mol. The average molecular weight is 514 g/mol. The van der Waals surface area contributed by atoms with Gasteiger partial charge in [-0.3, -0.25) is 9.52 Å². The van der Waals surface area contributed by atoms with Crippen LogP contribution in [-0.2, 0) is 27.5 Å². The Morgan fingerprint density at radius 1 is 1.31 bits per heavy atom. The summed E-state index contributed by atoms with van der Waals surface area (Å²) in [4.78, 5) is 15.8. The van der Waals surface area contributed by atoms with Crippen LogP contribution in [0.2, 0.25) is 0 Å². The number of nitrogens with one attached hydrogen (secondary N) is 2. The van der Waals surface area contributed by atoms with Crippen molar-refractivity contribution in [2.45, 2.75) is 39.1 Å². The van der Waals surface area contributed by atoms with Gasteiger partial charge in [-0.25, -0.2) is 17.8 Å². The lowest BCUT2D eigenvalue weighted by Crippen LogP contribution is -2.21. The molecule has 0 bridgehead atoms. The van der Waals surface area contributed by atoms with Gasteiger partial charge in [-0.05, 0) is 49.2 Å². The van der Waals surface area contributed by atoms with Gasteiger partial charge in [0.15, 0.2) is 0 Å². The van der Waals surface area contributed by atoms with Gasteiger partial charge in [-0.2, -0.15) is 13.2 Å². The normalized spacial score (nSPS) is 12.7. The van der Waals surface area contributed by atoms with Gasteiger partial charge in [-0.15, -0.1) is 6.42 Å². The van der Waals surface area contributed by atoms with Crippen LogP contribution in [0.15, 0.2) is 30.3 Å². The summed E-state index contributed by atoms with van der Waals surface area (Å²) in [7, 11) is -3.77. The van der Waals surface area contributed by atoms with E-state index in [0.717, 1.165) is 30.5 Å². The number of rotatable bonds is 9. The van der Waals surface area contributed by atoms with Crippen molar-refractivity contribution in [1.29, 1.82) is 0 Å². The smallest absolute Gasteiger partial charge is 0.433 e. The molecule has 2 rings (SSSR count). The van der Waals surface area contributed by atoms with Gasteiger partial charge in [0.1, 0.15) is 11.5 Å². The number of aromatic nitrogens is 1. The molecular formula is C23H23F4N3O4S. The number of benzene rings is 1. The summed E-state index contributed by atoms with van der Waals surface area (Å²) in [5, 5.41) is 2.48. The van der Waals surface area contributed by atoms with E-state index in [2.05, 4.69) is 16.2 Å². The fourth-order valence-electron chi connectivity index (χ4n) is 2.69. The first kappa shape index (κ1) is 27.7. The van der Waals surface area contributed by atoms with E-state index in [9.17, 15) is 30.8 Å². The molecule has 0 saturated heterocycles. The van der Waals surface area contributed by atoms with Crippen LogP contribution in [0.4, 0.5) is 23.2 Å². The lowest BCUT2D eigenvalue weighted by Gasteiger charge is -2.15. The highest BCUT2D eigenvalue weighted by atomic mass is 32.2. The first-order valence-corrected chi connectivity index (χ1v) is 12.1. The Bertz CT molecular complexity index is 1270. The second-order valence-corrected chi connectivity index (χ2v) is 9.24. The van der Waals surface area contributed by atoms with E-state index >= 15 is 0 Å². The van der Waals surface area contributed by atoms with Crippen LogP contribution in [0.25, 0.3) is 6.08 Å². The minimum Gasteiger partial charge on any atom is -0.474 e. The number of carbonyl (C=O) groups is 1. The average Bonchev–Trinajstić information content (AvgIpc) is 2.76. The van der Waals surface area contributed by atoms with Crippen LogP contribution in [0.5, 0.6) is 5.88 Å². The third-order valence-corrected chi connectivity index (χ3v) is 5.12. The van der Waals surface area contributed by atoms with Gasteiger partial charge in [0.25, 0.3) is 0 Å². The second kappa shape index (κ2) is 11.2. The van der Waals surface area contributed by atoms with E-state index in [-0.39, 0.29) is 34.8 Å². The highest BCUT2D eigenvalue weighted by molar-refractivity contribution is 7.92. The number of anilines is 1. The van der Waals surface area contributed by atoms with Crippen LogP contribution in [-0.4, -0.2) is 31.7 Å². The molecule has 188 valence electrons. The molecule has 1 atom stereocenters. The molecule has 2 aromatic rings. The van der Waals surface area contributed by atoms with Crippen molar-refractivity contribution in [3.05, 3.63) is 58.5 Å². The predicted molar refractivity (Wildman–Crippen MR) is 123 cm³/mol. The van der Waals surface area contributed by atoms with Crippen molar-refractivity contribution in [3.8, 4) is 18.2 Å². The van der Waals surface area contributed by atoms with Crippen LogP contribution >= 0.6 is 0 Å². The molecule has 1 heterocycles. The molecule has 1 amide bonds. The molecule has 0 spiro atoms. The molecule has 0 radical (unpaired) electrons. The summed E-state index contributed by atoms with van der Waals surface area (Å²) < 4.78 is 83.7. The zero-order valence-corrected chi connectivity index (χ0v) is 19.8. The second-order valence-electron chi connectivity index (χ2n) is 7.50. The van der Waals surface area contributed by atoms with E-state index in [1.807, 2.05) is 4.72 Å². The quantitative estimate of drug-likeness (QED) is 0.299. The molecule has 2 N–H and O–H groups in total. The Hall–Kier alpha value is -3.59. The maximum Gasteiger partial charge on any atom is 0.433 e. The van der Waals surface area contributed by atoms with E-state index in [0.29, 0.717) is 6.42 Å². The van der Waals surface area contributed by atoms with E-state index < -0.39 is 39.7 Å². The minimum absolute atomic E-state index is 0.0575. The molecular weight excluding hydrogens is 490 g/mol. The van der Waals surface area contributed by atoms with Crippen LogP contribution in [0.1, 0.15) is 42.7 Å². The summed E-state index contributed by atoms with van der Waals surface area (Å²) >= 11 is 0. The van der Waals surface area contributed by atoms with E-state index in [4.69, 9.17) is 11.2 Å². The van der Waals surface area contributed by atoms with Gasteiger partial charge >= 0.3 is 6.18 Å². The lowest BCUT2D eigenvalue weighted by atomic mass is 10.1. The number of hydrogen-bond donors (Lipinski definition) is 2. The maximum atomic E-state index is 14.4. The minimum atomic E-state index is -4.66. The highest BCUT2D eigenvalue weighted by Gasteiger charge is 2.33. The molecule has 1 unspecified atom stereocenters. The number of carbonyl (C=O) groups excluding carboxylic acids is 1. The lowest BCUT2D eigenvalue weighted by molar-refractivity contribution is -0.141. The van der Waals surface area contributed by atoms with Crippen molar-refractivity contribution in [2.75, 3.05) is 11.0 Å². The summed E-state index contributed by atoms with van der Waals surface area (Å²) in [5.41, 5.74) is -1.15. The van der Waals surface area contributed by atoms with E-state index in [1.165, 1.54) is 12.1 Å². The standard InChI is InChI=1S/C23H23F4N3O4S/c1-5-14(3)34-22-17(7-9-19(29-22)23(25,26)27)8-10-20(31)28-13-15-11-16(6-2)21(18(24)12-15)30-35(4,32)33/h2,7-12,14,30H,5,13H2,1,3-4H3,(H,28,31). The van der Waals surface area contributed by atoms with Crippen LogP contribution < -0.4 is 14.8 Å².